The van der Waals surface area contributed by atoms with Crippen molar-refractivity contribution in [2.45, 2.75) is 51.4 Å². The Morgan fingerprint density at radius 1 is 0.875 bits per heavy atom. The summed E-state index contributed by atoms with van der Waals surface area (Å²) in [5, 5.41) is 0. The standard InChI is InChI=1S/C21H23F3/c1-2-4-14-7-9-15(10-8-14)16-11-12-17(20(24)13-16)21-18(22)5-3-6-19(21)23/h3,5-6,11-15H,2,4,7-10H2,1H3. The first-order valence-corrected chi connectivity index (χ1v) is 8.84. The topological polar surface area (TPSA) is 0 Å². The van der Waals surface area contributed by atoms with Crippen molar-refractivity contribution in [1.82, 2.24) is 0 Å². The van der Waals surface area contributed by atoms with Crippen molar-refractivity contribution in [2.75, 3.05) is 0 Å². The molecule has 3 rings (SSSR count). The monoisotopic (exact) mass is 332 g/mol. The Hall–Kier alpha value is -1.77. The van der Waals surface area contributed by atoms with Crippen molar-refractivity contribution in [3.63, 3.8) is 0 Å². The van der Waals surface area contributed by atoms with Gasteiger partial charge in [0, 0.05) is 5.56 Å². The summed E-state index contributed by atoms with van der Waals surface area (Å²) in [4.78, 5) is 0. The Kier molecular flexibility index (Phi) is 5.27. The minimum Gasteiger partial charge on any atom is -0.206 e. The molecule has 1 fully saturated rings. The average Bonchev–Trinajstić information content (AvgIpc) is 2.57. The summed E-state index contributed by atoms with van der Waals surface area (Å²) in [5.41, 5.74) is 0.658. The van der Waals surface area contributed by atoms with E-state index >= 15 is 0 Å². The number of benzene rings is 2. The number of rotatable bonds is 4. The largest absolute Gasteiger partial charge is 0.206 e. The van der Waals surface area contributed by atoms with Crippen LogP contribution < -0.4 is 0 Å². The summed E-state index contributed by atoms with van der Waals surface area (Å²) < 4.78 is 42.3. The maximum Gasteiger partial charge on any atom is 0.134 e. The summed E-state index contributed by atoms with van der Waals surface area (Å²) in [7, 11) is 0. The molecule has 0 radical (unpaired) electrons. The third kappa shape index (κ3) is 3.50. The minimum absolute atomic E-state index is 0.00554. The van der Waals surface area contributed by atoms with Crippen LogP contribution in [0.5, 0.6) is 0 Å². The zero-order valence-corrected chi connectivity index (χ0v) is 14.0. The quantitative estimate of drug-likeness (QED) is 0.574. The van der Waals surface area contributed by atoms with Gasteiger partial charge in [-0.05, 0) is 61.3 Å². The van der Waals surface area contributed by atoms with Gasteiger partial charge in [-0.2, -0.15) is 0 Å². The molecule has 1 saturated carbocycles. The fourth-order valence-corrected chi connectivity index (χ4v) is 3.94. The highest BCUT2D eigenvalue weighted by molar-refractivity contribution is 5.66. The van der Waals surface area contributed by atoms with Gasteiger partial charge in [0.1, 0.15) is 17.5 Å². The van der Waals surface area contributed by atoms with Gasteiger partial charge in [0.05, 0.1) is 5.56 Å². The highest BCUT2D eigenvalue weighted by Crippen LogP contribution is 2.39. The second-order valence-corrected chi connectivity index (χ2v) is 6.84. The van der Waals surface area contributed by atoms with Crippen LogP contribution in [0.15, 0.2) is 36.4 Å². The molecule has 0 N–H and O–H groups in total. The molecule has 2 aromatic rings. The van der Waals surface area contributed by atoms with Crippen LogP contribution in [0.2, 0.25) is 0 Å². The van der Waals surface area contributed by atoms with E-state index in [1.807, 2.05) is 6.07 Å². The normalized spacial score (nSPS) is 21.0. The molecule has 1 aliphatic rings. The molecule has 0 aliphatic heterocycles. The lowest BCUT2D eigenvalue weighted by Gasteiger charge is -2.28. The summed E-state index contributed by atoms with van der Waals surface area (Å²) >= 11 is 0. The molecule has 128 valence electrons. The molecule has 0 unspecified atom stereocenters. The molecule has 0 atom stereocenters. The van der Waals surface area contributed by atoms with Crippen LogP contribution in [-0.4, -0.2) is 0 Å². The second-order valence-electron chi connectivity index (χ2n) is 6.84. The fraction of sp³-hybridized carbons (Fsp3) is 0.429. The van der Waals surface area contributed by atoms with E-state index < -0.39 is 17.5 Å². The predicted molar refractivity (Wildman–Crippen MR) is 91.4 cm³/mol. The van der Waals surface area contributed by atoms with E-state index in [0.717, 1.165) is 36.5 Å². The van der Waals surface area contributed by atoms with Gasteiger partial charge in [-0.15, -0.1) is 0 Å². The van der Waals surface area contributed by atoms with Crippen LogP contribution in [-0.2, 0) is 0 Å². The van der Waals surface area contributed by atoms with Gasteiger partial charge < -0.3 is 0 Å². The Balaban J connectivity index is 1.81. The third-order valence-corrected chi connectivity index (χ3v) is 5.24. The van der Waals surface area contributed by atoms with Crippen LogP contribution >= 0.6 is 0 Å². The fourth-order valence-electron chi connectivity index (χ4n) is 3.94. The highest BCUT2D eigenvalue weighted by Gasteiger charge is 2.23. The first-order chi connectivity index (χ1) is 11.6. The first-order valence-electron chi connectivity index (χ1n) is 8.84. The zero-order chi connectivity index (χ0) is 17.1. The average molecular weight is 332 g/mol. The Labute approximate surface area is 141 Å². The molecule has 0 heterocycles. The zero-order valence-electron chi connectivity index (χ0n) is 14.0. The first kappa shape index (κ1) is 17.1. The van der Waals surface area contributed by atoms with Gasteiger partial charge in [-0.3, -0.25) is 0 Å². The van der Waals surface area contributed by atoms with Crippen LogP contribution in [0, 0.1) is 23.4 Å². The van der Waals surface area contributed by atoms with E-state index in [9.17, 15) is 13.2 Å². The lowest BCUT2D eigenvalue weighted by molar-refractivity contribution is 0.308. The molecule has 3 heteroatoms. The molecular weight excluding hydrogens is 309 g/mol. The summed E-state index contributed by atoms with van der Waals surface area (Å²) in [6.45, 7) is 2.21. The van der Waals surface area contributed by atoms with Crippen molar-refractivity contribution >= 4 is 0 Å². The number of hydrogen-bond acceptors (Lipinski definition) is 0. The molecule has 0 spiro atoms. The van der Waals surface area contributed by atoms with Crippen LogP contribution in [0.1, 0.15) is 56.9 Å². The van der Waals surface area contributed by atoms with Gasteiger partial charge in [0.15, 0.2) is 0 Å². The van der Waals surface area contributed by atoms with Crippen molar-refractivity contribution in [3.05, 3.63) is 59.4 Å². The van der Waals surface area contributed by atoms with Crippen LogP contribution in [0.3, 0.4) is 0 Å². The van der Waals surface area contributed by atoms with E-state index in [4.69, 9.17) is 0 Å². The highest BCUT2D eigenvalue weighted by atomic mass is 19.1. The van der Waals surface area contributed by atoms with E-state index in [1.165, 1.54) is 43.9 Å². The molecule has 0 amide bonds. The maximum absolute atomic E-state index is 14.5. The molecule has 2 aromatic carbocycles. The molecule has 0 nitrogen and oxygen atoms in total. The lowest BCUT2D eigenvalue weighted by Crippen LogP contribution is -2.13. The number of halogens is 3. The van der Waals surface area contributed by atoms with Crippen molar-refractivity contribution in [3.8, 4) is 11.1 Å². The summed E-state index contributed by atoms with van der Waals surface area (Å²) in [5.74, 6) is -0.870. The molecule has 24 heavy (non-hydrogen) atoms. The lowest BCUT2D eigenvalue weighted by atomic mass is 9.77. The Morgan fingerprint density at radius 3 is 2.12 bits per heavy atom. The predicted octanol–water partition coefficient (Wildman–Crippen LogP) is 6.84. The summed E-state index contributed by atoms with van der Waals surface area (Å²) in [6.07, 6.45) is 6.99. The Bertz CT molecular complexity index is 680. The molecule has 0 aromatic heterocycles. The SMILES string of the molecule is CCCC1CCC(c2ccc(-c3c(F)cccc3F)c(F)c2)CC1. The van der Waals surface area contributed by atoms with Gasteiger partial charge in [-0.1, -0.05) is 38.0 Å². The smallest absolute Gasteiger partial charge is 0.134 e. The second kappa shape index (κ2) is 7.42. The molecule has 0 bridgehead atoms. The van der Waals surface area contributed by atoms with Gasteiger partial charge in [0.25, 0.3) is 0 Å². The van der Waals surface area contributed by atoms with E-state index in [0.29, 0.717) is 5.92 Å². The van der Waals surface area contributed by atoms with Crippen LogP contribution in [0.25, 0.3) is 11.1 Å². The minimum atomic E-state index is -0.735. The van der Waals surface area contributed by atoms with Gasteiger partial charge in [0.2, 0.25) is 0 Å². The number of hydrogen-bond donors (Lipinski definition) is 0. The van der Waals surface area contributed by atoms with Crippen molar-refractivity contribution in [2.24, 2.45) is 5.92 Å². The van der Waals surface area contributed by atoms with Crippen molar-refractivity contribution < 1.29 is 13.2 Å². The van der Waals surface area contributed by atoms with E-state index in [1.54, 1.807) is 0 Å². The van der Waals surface area contributed by atoms with Crippen molar-refractivity contribution in [1.29, 1.82) is 0 Å². The summed E-state index contributed by atoms with van der Waals surface area (Å²) in [6, 6.07) is 8.40. The maximum atomic E-state index is 14.5. The van der Waals surface area contributed by atoms with Crippen LogP contribution in [0.4, 0.5) is 13.2 Å². The molecule has 0 saturated heterocycles. The molecule has 1 aliphatic carbocycles. The van der Waals surface area contributed by atoms with Gasteiger partial charge in [-0.25, -0.2) is 13.2 Å². The van der Waals surface area contributed by atoms with Gasteiger partial charge >= 0.3 is 0 Å². The molecular formula is C21H23F3. The van der Waals surface area contributed by atoms with E-state index in [2.05, 4.69) is 6.92 Å². The van der Waals surface area contributed by atoms with E-state index in [-0.39, 0.29) is 11.1 Å². The third-order valence-electron chi connectivity index (χ3n) is 5.24. The Morgan fingerprint density at radius 2 is 1.54 bits per heavy atom.